The Hall–Kier alpha value is -1.70. The lowest BCUT2D eigenvalue weighted by Gasteiger charge is -2.11. The summed E-state index contributed by atoms with van der Waals surface area (Å²) in [4.78, 5) is 12.2. The van der Waals surface area contributed by atoms with Gasteiger partial charge in [-0.2, -0.15) is 8.42 Å². The molecule has 1 aromatic carbocycles. The van der Waals surface area contributed by atoms with Crippen molar-refractivity contribution in [1.82, 2.24) is 0 Å². The Balaban J connectivity index is 2.20. The fourth-order valence-electron chi connectivity index (χ4n) is 3.21. The van der Waals surface area contributed by atoms with Crippen LogP contribution in [0.4, 0.5) is 5.69 Å². The van der Waals surface area contributed by atoms with Gasteiger partial charge in [0.2, 0.25) is 0 Å². The van der Waals surface area contributed by atoms with E-state index in [4.69, 9.17) is 10.3 Å². The summed E-state index contributed by atoms with van der Waals surface area (Å²) in [6.07, 6.45) is 17.0. The molecule has 1 aromatic rings. The number of unbranched alkanes of at least 4 members (excludes halogenated alkanes) is 8. The van der Waals surface area contributed by atoms with Gasteiger partial charge in [-0.15, -0.1) is 0 Å². The molecule has 30 heavy (non-hydrogen) atoms. The molecule has 1 unspecified atom stereocenters. The maximum Gasteiger partial charge on any atom is 0.276 e. The van der Waals surface area contributed by atoms with E-state index < -0.39 is 27.7 Å². The highest BCUT2D eigenvalue weighted by atomic mass is 32.2. The number of hydrogen-bond donors (Lipinski definition) is 3. The molecule has 0 aromatic heterocycles. The summed E-state index contributed by atoms with van der Waals surface area (Å²) in [5.74, 6) is -0.697. The number of benzene rings is 1. The molecule has 0 amide bonds. The number of carbonyl (C=O) groups is 1. The first-order valence-corrected chi connectivity index (χ1v) is 12.6. The van der Waals surface area contributed by atoms with E-state index in [2.05, 4.69) is 24.4 Å². The standard InChI is InChI=1S/C23H38N2O4S/c1-2-3-4-5-6-7-8-9-10-11-12-13-18-25-21-16-14-20(15-17-21)23(26)22(19-24)30(27,28)29/h10-11,14-17,22,25H,2-9,12-13,18-19,24H2,1H3,(H,27,28,29). The number of carbonyl (C=O) groups excluding carboxylic acids is 1. The Labute approximate surface area is 182 Å². The van der Waals surface area contributed by atoms with Crippen LogP contribution in [-0.2, 0) is 10.1 Å². The number of nitrogens with two attached hydrogens (primary N) is 1. The quantitative estimate of drug-likeness (QED) is 0.137. The number of Topliss-reactive ketones (excluding diaryl/α,β-unsaturated/α-hetero) is 1. The summed E-state index contributed by atoms with van der Waals surface area (Å²) in [5.41, 5.74) is 6.38. The lowest BCUT2D eigenvalue weighted by Crippen LogP contribution is -2.36. The zero-order chi connectivity index (χ0) is 22.2. The van der Waals surface area contributed by atoms with Gasteiger partial charge in [0.25, 0.3) is 10.1 Å². The molecule has 0 fully saturated rings. The number of anilines is 1. The summed E-state index contributed by atoms with van der Waals surface area (Å²) in [5, 5.41) is 1.66. The van der Waals surface area contributed by atoms with Gasteiger partial charge in [0.1, 0.15) is 0 Å². The third-order valence-corrected chi connectivity index (χ3v) is 6.18. The van der Waals surface area contributed by atoms with Crippen LogP contribution in [0.25, 0.3) is 0 Å². The zero-order valence-electron chi connectivity index (χ0n) is 18.2. The smallest absolute Gasteiger partial charge is 0.276 e. The molecule has 1 rings (SSSR count). The van der Waals surface area contributed by atoms with Gasteiger partial charge < -0.3 is 11.1 Å². The fraction of sp³-hybridized carbons (Fsp3) is 0.609. The first-order chi connectivity index (χ1) is 14.4. The van der Waals surface area contributed by atoms with Gasteiger partial charge in [0.15, 0.2) is 11.0 Å². The van der Waals surface area contributed by atoms with Crippen LogP contribution in [0.15, 0.2) is 36.4 Å². The molecular weight excluding hydrogens is 400 g/mol. The molecule has 0 saturated carbocycles. The van der Waals surface area contributed by atoms with Crippen LogP contribution >= 0.6 is 0 Å². The van der Waals surface area contributed by atoms with Crippen molar-refractivity contribution in [3.05, 3.63) is 42.0 Å². The predicted octanol–water partition coefficient (Wildman–Crippen LogP) is 4.97. The molecule has 0 aliphatic rings. The minimum atomic E-state index is -4.50. The second-order valence-corrected chi connectivity index (χ2v) is 9.23. The van der Waals surface area contributed by atoms with Crippen LogP contribution in [-0.4, -0.2) is 37.1 Å². The Morgan fingerprint density at radius 2 is 1.57 bits per heavy atom. The van der Waals surface area contributed by atoms with Gasteiger partial charge in [-0.3, -0.25) is 9.35 Å². The van der Waals surface area contributed by atoms with E-state index in [1.165, 1.54) is 44.9 Å². The molecule has 0 radical (unpaired) electrons. The van der Waals surface area contributed by atoms with Crippen LogP contribution in [0.5, 0.6) is 0 Å². The highest BCUT2D eigenvalue weighted by Crippen LogP contribution is 2.14. The molecule has 0 bridgehead atoms. The minimum Gasteiger partial charge on any atom is -0.385 e. The minimum absolute atomic E-state index is 0.210. The molecule has 7 heteroatoms. The summed E-state index contributed by atoms with van der Waals surface area (Å²) in [6.45, 7) is 2.60. The van der Waals surface area contributed by atoms with E-state index >= 15 is 0 Å². The molecule has 1 atom stereocenters. The Bertz CT molecular complexity index is 730. The molecule has 0 aliphatic heterocycles. The third kappa shape index (κ3) is 10.9. The van der Waals surface area contributed by atoms with Crippen LogP contribution in [0, 0.1) is 0 Å². The van der Waals surface area contributed by atoms with Crippen molar-refractivity contribution < 1.29 is 17.8 Å². The molecule has 0 aliphatic carbocycles. The van der Waals surface area contributed by atoms with Crippen molar-refractivity contribution in [2.75, 3.05) is 18.4 Å². The van der Waals surface area contributed by atoms with Gasteiger partial charge in [0, 0.05) is 24.3 Å². The fourth-order valence-corrected chi connectivity index (χ4v) is 3.86. The van der Waals surface area contributed by atoms with Crippen molar-refractivity contribution in [3.63, 3.8) is 0 Å². The van der Waals surface area contributed by atoms with Gasteiger partial charge in [-0.1, -0.05) is 57.6 Å². The normalized spacial score (nSPS) is 12.9. The lowest BCUT2D eigenvalue weighted by atomic mass is 10.1. The second kappa shape index (κ2) is 15.2. The average molecular weight is 439 g/mol. The maximum atomic E-state index is 12.2. The van der Waals surface area contributed by atoms with E-state index in [0.29, 0.717) is 0 Å². The van der Waals surface area contributed by atoms with Crippen molar-refractivity contribution in [2.24, 2.45) is 5.73 Å². The van der Waals surface area contributed by atoms with Crippen molar-refractivity contribution >= 4 is 21.6 Å². The van der Waals surface area contributed by atoms with Crippen LogP contribution in [0.3, 0.4) is 0 Å². The van der Waals surface area contributed by atoms with E-state index in [9.17, 15) is 13.2 Å². The Morgan fingerprint density at radius 3 is 2.13 bits per heavy atom. The molecule has 0 heterocycles. The monoisotopic (exact) mass is 438 g/mol. The van der Waals surface area contributed by atoms with E-state index in [1.807, 2.05) is 0 Å². The SMILES string of the molecule is CCCCCCCCCC=CCCCNc1ccc(C(=O)C(CN)S(=O)(=O)O)cc1. The van der Waals surface area contributed by atoms with E-state index in [0.717, 1.165) is 31.5 Å². The largest absolute Gasteiger partial charge is 0.385 e. The van der Waals surface area contributed by atoms with Gasteiger partial charge in [-0.25, -0.2) is 0 Å². The zero-order valence-corrected chi connectivity index (χ0v) is 19.0. The van der Waals surface area contributed by atoms with Crippen LogP contribution in [0.2, 0.25) is 0 Å². The summed E-state index contributed by atoms with van der Waals surface area (Å²) < 4.78 is 31.6. The summed E-state index contributed by atoms with van der Waals surface area (Å²) in [6, 6.07) is 6.53. The maximum absolute atomic E-state index is 12.2. The van der Waals surface area contributed by atoms with Crippen LogP contribution < -0.4 is 11.1 Å². The molecule has 4 N–H and O–H groups in total. The summed E-state index contributed by atoms with van der Waals surface area (Å²) >= 11 is 0. The first-order valence-electron chi connectivity index (χ1n) is 11.1. The molecule has 6 nitrogen and oxygen atoms in total. The predicted molar refractivity (Wildman–Crippen MR) is 125 cm³/mol. The lowest BCUT2D eigenvalue weighted by molar-refractivity contribution is 0.0986. The Morgan fingerprint density at radius 1 is 1.00 bits per heavy atom. The van der Waals surface area contributed by atoms with Crippen LogP contribution in [0.1, 0.15) is 81.5 Å². The number of ketones is 1. The Kier molecular flexibility index (Phi) is 13.3. The highest BCUT2D eigenvalue weighted by Gasteiger charge is 2.30. The molecular formula is C23H38N2O4S. The van der Waals surface area contributed by atoms with E-state index in [-0.39, 0.29) is 5.56 Å². The van der Waals surface area contributed by atoms with Gasteiger partial charge >= 0.3 is 0 Å². The number of rotatable bonds is 17. The third-order valence-electron chi connectivity index (χ3n) is 5.05. The topological polar surface area (TPSA) is 109 Å². The second-order valence-electron chi connectivity index (χ2n) is 7.63. The van der Waals surface area contributed by atoms with Crippen molar-refractivity contribution in [2.45, 2.75) is 76.4 Å². The highest BCUT2D eigenvalue weighted by molar-refractivity contribution is 7.87. The molecule has 0 saturated heterocycles. The van der Waals surface area contributed by atoms with E-state index in [1.54, 1.807) is 24.3 Å². The molecule has 0 spiro atoms. The average Bonchev–Trinajstić information content (AvgIpc) is 2.71. The first kappa shape index (κ1) is 26.3. The van der Waals surface area contributed by atoms with Gasteiger partial charge in [0.05, 0.1) is 0 Å². The number of nitrogens with one attached hydrogen (secondary N) is 1. The van der Waals surface area contributed by atoms with Gasteiger partial charge in [-0.05, 0) is 49.9 Å². The summed E-state index contributed by atoms with van der Waals surface area (Å²) in [7, 11) is -4.50. The van der Waals surface area contributed by atoms with Crippen molar-refractivity contribution in [1.29, 1.82) is 0 Å². The number of hydrogen-bond acceptors (Lipinski definition) is 5. The molecule has 170 valence electrons. The number of allylic oxidation sites excluding steroid dienone is 2. The van der Waals surface area contributed by atoms with Crippen molar-refractivity contribution in [3.8, 4) is 0 Å².